The maximum atomic E-state index is 12.4. The molecule has 0 bridgehead atoms. The molecule has 2 N–H and O–H groups in total. The average molecular weight is 356 g/mol. The van der Waals surface area contributed by atoms with Gasteiger partial charge in [0.05, 0.1) is 25.8 Å². The van der Waals surface area contributed by atoms with Crippen molar-refractivity contribution < 1.29 is 14.3 Å². The Morgan fingerprint density at radius 1 is 1.08 bits per heavy atom. The van der Waals surface area contributed by atoms with Crippen molar-refractivity contribution in [3.8, 4) is 6.07 Å². The number of morpholine rings is 1. The average Bonchev–Trinajstić information content (AvgIpc) is 3.14. The van der Waals surface area contributed by atoms with E-state index in [9.17, 15) is 14.9 Å². The standard InChI is InChI=1S/C19H24N4O3/c20-14-19(7-1-2-8-19)18(25)22-16-5-3-15(4-6-16)21-17(24)13-23-9-11-26-12-10-23/h3-6H,1-2,7-13H2,(H,21,24)(H,22,25). The van der Waals surface area contributed by atoms with Gasteiger partial charge < -0.3 is 15.4 Å². The van der Waals surface area contributed by atoms with Gasteiger partial charge in [0.1, 0.15) is 5.41 Å². The molecule has 7 nitrogen and oxygen atoms in total. The topological polar surface area (TPSA) is 94.5 Å². The molecule has 0 spiro atoms. The van der Waals surface area contributed by atoms with Crippen LogP contribution in [0, 0.1) is 16.7 Å². The molecule has 2 fully saturated rings. The van der Waals surface area contributed by atoms with Gasteiger partial charge in [-0.1, -0.05) is 12.8 Å². The Balaban J connectivity index is 1.52. The zero-order chi connectivity index (χ0) is 18.4. The van der Waals surface area contributed by atoms with E-state index in [1.165, 1.54) is 0 Å². The Kier molecular flexibility index (Phi) is 5.86. The smallest absolute Gasteiger partial charge is 0.244 e. The van der Waals surface area contributed by atoms with Crippen LogP contribution >= 0.6 is 0 Å². The number of rotatable bonds is 5. The number of hydrogen-bond acceptors (Lipinski definition) is 5. The maximum absolute atomic E-state index is 12.4. The monoisotopic (exact) mass is 356 g/mol. The number of carbonyl (C=O) groups is 2. The minimum absolute atomic E-state index is 0.0712. The molecule has 138 valence electrons. The van der Waals surface area contributed by atoms with Crippen molar-refractivity contribution in [2.45, 2.75) is 25.7 Å². The van der Waals surface area contributed by atoms with Crippen LogP contribution in [-0.4, -0.2) is 49.6 Å². The second-order valence-electron chi connectivity index (χ2n) is 6.87. The van der Waals surface area contributed by atoms with Crippen LogP contribution < -0.4 is 10.6 Å². The summed E-state index contributed by atoms with van der Waals surface area (Å²) in [4.78, 5) is 26.6. The van der Waals surface area contributed by atoms with Gasteiger partial charge in [0.25, 0.3) is 0 Å². The first-order valence-corrected chi connectivity index (χ1v) is 9.04. The van der Waals surface area contributed by atoms with Gasteiger partial charge in [-0.3, -0.25) is 14.5 Å². The molecular formula is C19H24N4O3. The number of hydrogen-bond donors (Lipinski definition) is 2. The summed E-state index contributed by atoms with van der Waals surface area (Å²) in [5, 5.41) is 15.1. The summed E-state index contributed by atoms with van der Waals surface area (Å²) in [6.45, 7) is 3.18. The molecule has 0 radical (unpaired) electrons. The first-order chi connectivity index (χ1) is 12.6. The first kappa shape index (κ1) is 18.4. The zero-order valence-electron chi connectivity index (χ0n) is 14.8. The second-order valence-corrected chi connectivity index (χ2v) is 6.87. The number of nitriles is 1. The van der Waals surface area contributed by atoms with E-state index in [-0.39, 0.29) is 11.8 Å². The van der Waals surface area contributed by atoms with Gasteiger partial charge in [0.2, 0.25) is 11.8 Å². The van der Waals surface area contributed by atoms with E-state index in [0.717, 1.165) is 25.9 Å². The van der Waals surface area contributed by atoms with Crippen molar-refractivity contribution in [2.75, 3.05) is 43.5 Å². The van der Waals surface area contributed by atoms with Crippen LogP contribution in [0.1, 0.15) is 25.7 Å². The lowest BCUT2D eigenvalue weighted by Gasteiger charge is -2.25. The number of amides is 2. The summed E-state index contributed by atoms with van der Waals surface area (Å²) in [5.74, 6) is -0.306. The van der Waals surface area contributed by atoms with Crippen molar-refractivity contribution >= 4 is 23.2 Å². The second kappa shape index (κ2) is 8.30. The Hall–Kier alpha value is -2.43. The number of nitrogens with one attached hydrogen (secondary N) is 2. The fourth-order valence-corrected chi connectivity index (χ4v) is 3.42. The highest BCUT2D eigenvalue weighted by molar-refractivity contribution is 5.98. The lowest BCUT2D eigenvalue weighted by atomic mass is 9.87. The minimum Gasteiger partial charge on any atom is -0.379 e. The van der Waals surface area contributed by atoms with Crippen LogP contribution in [-0.2, 0) is 14.3 Å². The Bertz CT molecular complexity index is 684. The largest absolute Gasteiger partial charge is 0.379 e. The third-order valence-corrected chi connectivity index (χ3v) is 5.00. The zero-order valence-corrected chi connectivity index (χ0v) is 14.8. The van der Waals surface area contributed by atoms with Gasteiger partial charge in [-0.2, -0.15) is 5.26 Å². The van der Waals surface area contributed by atoms with Gasteiger partial charge in [0.15, 0.2) is 0 Å². The van der Waals surface area contributed by atoms with Crippen molar-refractivity contribution in [2.24, 2.45) is 5.41 Å². The van der Waals surface area contributed by atoms with Crippen LogP contribution in [0.5, 0.6) is 0 Å². The predicted molar refractivity (Wildman–Crippen MR) is 97.5 cm³/mol. The molecule has 1 aromatic carbocycles. The summed E-state index contributed by atoms with van der Waals surface area (Å²) >= 11 is 0. The minimum atomic E-state index is -0.898. The number of carbonyl (C=O) groups excluding carboxylic acids is 2. The molecule has 0 atom stereocenters. The van der Waals surface area contributed by atoms with Gasteiger partial charge in [-0.25, -0.2) is 0 Å². The van der Waals surface area contributed by atoms with E-state index in [1.807, 2.05) is 0 Å². The van der Waals surface area contributed by atoms with E-state index in [2.05, 4.69) is 21.6 Å². The lowest BCUT2D eigenvalue weighted by molar-refractivity contribution is -0.122. The van der Waals surface area contributed by atoms with Crippen LogP contribution in [0.2, 0.25) is 0 Å². The number of benzene rings is 1. The van der Waals surface area contributed by atoms with E-state index < -0.39 is 5.41 Å². The molecule has 2 aliphatic rings. The Morgan fingerprint density at radius 2 is 1.65 bits per heavy atom. The highest BCUT2D eigenvalue weighted by Crippen LogP contribution is 2.38. The van der Waals surface area contributed by atoms with Crippen molar-refractivity contribution in [3.63, 3.8) is 0 Å². The molecule has 3 rings (SSSR count). The molecule has 1 aliphatic heterocycles. The van der Waals surface area contributed by atoms with E-state index >= 15 is 0 Å². The summed E-state index contributed by atoms with van der Waals surface area (Å²) in [6.07, 6.45) is 3.06. The van der Waals surface area contributed by atoms with Crippen LogP contribution in [0.3, 0.4) is 0 Å². The fraction of sp³-hybridized carbons (Fsp3) is 0.526. The maximum Gasteiger partial charge on any atom is 0.244 e. The molecule has 1 saturated carbocycles. The van der Waals surface area contributed by atoms with Crippen molar-refractivity contribution in [1.29, 1.82) is 5.26 Å². The van der Waals surface area contributed by atoms with E-state index in [1.54, 1.807) is 24.3 Å². The third-order valence-electron chi connectivity index (χ3n) is 5.00. The number of nitrogens with zero attached hydrogens (tertiary/aromatic N) is 2. The van der Waals surface area contributed by atoms with Crippen molar-refractivity contribution in [1.82, 2.24) is 4.90 Å². The lowest BCUT2D eigenvalue weighted by Crippen LogP contribution is -2.41. The highest BCUT2D eigenvalue weighted by Gasteiger charge is 2.41. The normalized spacial score (nSPS) is 19.5. The molecule has 0 unspecified atom stereocenters. The summed E-state index contributed by atoms with van der Waals surface area (Å²) in [7, 11) is 0. The van der Waals surface area contributed by atoms with Crippen LogP contribution in [0.15, 0.2) is 24.3 Å². The SMILES string of the molecule is N#CC1(C(=O)Nc2ccc(NC(=O)CN3CCOCC3)cc2)CCCC1. The quantitative estimate of drug-likeness (QED) is 0.841. The predicted octanol–water partition coefficient (Wildman–Crippen LogP) is 1.98. The molecule has 1 heterocycles. The Morgan fingerprint density at radius 3 is 2.23 bits per heavy atom. The van der Waals surface area contributed by atoms with Crippen LogP contribution in [0.4, 0.5) is 11.4 Å². The third kappa shape index (κ3) is 4.40. The van der Waals surface area contributed by atoms with Gasteiger partial charge >= 0.3 is 0 Å². The molecule has 2 amide bonds. The molecule has 1 aromatic rings. The summed E-state index contributed by atoms with van der Waals surface area (Å²) in [5.41, 5.74) is 0.408. The molecular weight excluding hydrogens is 332 g/mol. The van der Waals surface area contributed by atoms with Gasteiger partial charge in [-0.15, -0.1) is 0 Å². The summed E-state index contributed by atoms with van der Waals surface area (Å²) < 4.78 is 5.27. The molecule has 0 aromatic heterocycles. The highest BCUT2D eigenvalue weighted by atomic mass is 16.5. The fourth-order valence-electron chi connectivity index (χ4n) is 3.42. The van der Waals surface area contributed by atoms with E-state index in [0.29, 0.717) is 44.0 Å². The molecule has 1 aliphatic carbocycles. The number of ether oxygens (including phenoxy) is 1. The molecule has 1 saturated heterocycles. The van der Waals surface area contributed by atoms with E-state index in [4.69, 9.17) is 4.74 Å². The van der Waals surface area contributed by atoms with Crippen LogP contribution in [0.25, 0.3) is 0 Å². The molecule has 7 heteroatoms. The first-order valence-electron chi connectivity index (χ1n) is 9.04. The summed E-state index contributed by atoms with van der Waals surface area (Å²) in [6, 6.07) is 9.17. The Labute approximate surface area is 153 Å². The van der Waals surface area contributed by atoms with Crippen molar-refractivity contribution in [3.05, 3.63) is 24.3 Å². The number of anilines is 2. The molecule has 26 heavy (non-hydrogen) atoms. The van der Waals surface area contributed by atoms with Gasteiger partial charge in [0, 0.05) is 24.5 Å². The van der Waals surface area contributed by atoms with Gasteiger partial charge in [-0.05, 0) is 37.1 Å².